The molecule has 72 valence electrons. The van der Waals surface area contributed by atoms with Gasteiger partial charge in [0.05, 0.1) is 0 Å². The van der Waals surface area contributed by atoms with Crippen LogP contribution in [0.4, 0.5) is 0 Å². The van der Waals surface area contributed by atoms with E-state index in [1.807, 2.05) is 0 Å². The quantitative estimate of drug-likeness (QED) is 0.542. The van der Waals surface area contributed by atoms with Gasteiger partial charge in [0.1, 0.15) is 0 Å². The minimum absolute atomic E-state index is 0.896. The molecule has 0 aliphatic heterocycles. The molecule has 0 spiro atoms. The Labute approximate surface area is 86.0 Å². The fourth-order valence-electron chi connectivity index (χ4n) is 1.20. The normalized spacial score (nSPS) is 10.3. The van der Waals surface area contributed by atoms with Gasteiger partial charge < -0.3 is 5.32 Å². The largest absolute Gasteiger partial charge is 0.312 e. The van der Waals surface area contributed by atoms with E-state index in [0.717, 1.165) is 25.3 Å². The molecule has 0 amide bonds. The lowest BCUT2D eigenvalue weighted by molar-refractivity contribution is 0.732. The van der Waals surface area contributed by atoms with Gasteiger partial charge in [-0.15, -0.1) is 0 Å². The number of thiol groups is 1. The Balaban J connectivity index is 2.40. The molecule has 0 saturated carbocycles. The summed E-state index contributed by atoms with van der Waals surface area (Å²) in [5, 5.41) is 3.31. The summed E-state index contributed by atoms with van der Waals surface area (Å²) in [5.74, 6) is 0.896. The highest BCUT2D eigenvalue weighted by atomic mass is 32.1. The minimum Gasteiger partial charge on any atom is -0.312 e. The van der Waals surface area contributed by atoms with Gasteiger partial charge in [-0.2, -0.15) is 12.6 Å². The van der Waals surface area contributed by atoms with Gasteiger partial charge in [0, 0.05) is 18.8 Å². The highest BCUT2D eigenvalue weighted by Gasteiger charge is 1.92. The molecule has 0 radical (unpaired) electrons. The molecule has 13 heavy (non-hydrogen) atoms. The zero-order valence-electron chi connectivity index (χ0n) is 8.09. The third-order valence-electron chi connectivity index (χ3n) is 2.05. The second kappa shape index (κ2) is 6.06. The molecular formula is C11H17NS. The summed E-state index contributed by atoms with van der Waals surface area (Å²) in [6, 6.07) is 8.75. The van der Waals surface area contributed by atoms with E-state index in [2.05, 4.69) is 49.1 Å². The van der Waals surface area contributed by atoms with E-state index >= 15 is 0 Å². The number of hydrogen-bond donors (Lipinski definition) is 2. The molecule has 1 aromatic carbocycles. The van der Waals surface area contributed by atoms with Gasteiger partial charge in [-0.1, -0.05) is 31.2 Å². The topological polar surface area (TPSA) is 12.0 Å². The van der Waals surface area contributed by atoms with Crippen molar-refractivity contribution in [3.8, 4) is 0 Å². The highest BCUT2D eigenvalue weighted by Crippen LogP contribution is 2.04. The standard InChI is InChI=1S/C11H17NS/c1-2-10-3-5-11(6-4-10)9-12-7-8-13/h3-6,12-13H,2,7-9H2,1H3. The van der Waals surface area contributed by atoms with Crippen molar-refractivity contribution in [1.29, 1.82) is 0 Å². The maximum absolute atomic E-state index is 4.14. The van der Waals surface area contributed by atoms with Crippen LogP contribution in [0.2, 0.25) is 0 Å². The van der Waals surface area contributed by atoms with E-state index in [-0.39, 0.29) is 0 Å². The van der Waals surface area contributed by atoms with E-state index < -0.39 is 0 Å². The van der Waals surface area contributed by atoms with Gasteiger partial charge in [-0.25, -0.2) is 0 Å². The van der Waals surface area contributed by atoms with Gasteiger partial charge in [-0.05, 0) is 17.5 Å². The average molecular weight is 195 g/mol. The van der Waals surface area contributed by atoms with Crippen LogP contribution in [-0.2, 0) is 13.0 Å². The van der Waals surface area contributed by atoms with Gasteiger partial charge in [-0.3, -0.25) is 0 Å². The van der Waals surface area contributed by atoms with Crippen LogP contribution in [0.15, 0.2) is 24.3 Å². The first-order chi connectivity index (χ1) is 6.36. The Kier molecular flexibility index (Phi) is 4.94. The molecule has 0 saturated heterocycles. The maximum atomic E-state index is 4.14. The second-order valence-electron chi connectivity index (χ2n) is 3.07. The van der Waals surface area contributed by atoms with Crippen LogP contribution in [-0.4, -0.2) is 12.3 Å². The fraction of sp³-hybridized carbons (Fsp3) is 0.455. The first kappa shape index (κ1) is 10.6. The summed E-state index contributed by atoms with van der Waals surface area (Å²) in [4.78, 5) is 0. The molecule has 0 aromatic heterocycles. The Hall–Kier alpha value is -0.470. The number of aryl methyl sites for hydroxylation is 1. The summed E-state index contributed by atoms with van der Waals surface area (Å²) in [6.45, 7) is 4.09. The Morgan fingerprint density at radius 3 is 2.31 bits per heavy atom. The first-order valence-corrected chi connectivity index (χ1v) is 5.39. The lowest BCUT2D eigenvalue weighted by Crippen LogP contribution is -2.15. The van der Waals surface area contributed by atoms with Crippen molar-refractivity contribution in [3.63, 3.8) is 0 Å². The number of benzene rings is 1. The van der Waals surface area contributed by atoms with Crippen LogP contribution >= 0.6 is 12.6 Å². The smallest absolute Gasteiger partial charge is 0.0205 e. The summed E-state index contributed by atoms with van der Waals surface area (Å²) in [6.07, 6.45) is 1.12. The number of rotatable bonds is 5. The molecule has 0 heterocycles. The van der Waals surface area contributed by atoms with Crippen molar-refractivity contribution in [1.82, 2.24) is 5.32 Å². The monoisotopic (exact) mass is 195 g/mol. The van der Waals surface area contributed by atoms with Crippen molar-refractivity contribution in [2.24, 2.45) is 0 Å². The van der Waals surface area contributed by atoms with Crippen LogP contribution in [0.25, 0.3) is 0 Å². The van der Waals surface area contributed by atoms with Gasteiger partial charge in [0.25, 0.3) is 0 Å². The van der Waals surface area contributed by atoms with Crippen molar-refractivity contribution < 1.29 is 0 Å². The lowest BCUT2D eigenvalue weighted by atomic mass is 10.1. The van der Waals surface area contributed by atoms with Crippen LogP contribution < -0.4 is 5.32 Å². The van der Waals surface area contributed by atoms with Crippen molar-refractivity contribution in [2.75, 3.05) is 12.3 Å². The molecule has 0 atom stereocenters. The SMILES string of the molecule is CCc1ccc(CNCCS)cc1. The third-order valence-corrected chi connectivity index (χ3v) is 2.27. The second-order valence-corrected chi connectivity index (χ2v) is 3.52. The molecule has 0 bridgehead atoms. The van der Waals surface area contributed by atoms with E-state index in [9.17, 15) is 0 Å². The van der Waals surface area contributed by atoms with Crippen molar-refractivity contribution in [3.05, 3.63) is 35.4 Å². The Morgan fingerprint density at radius 1 is 1.15 bits per heavy atom. The van der Waals surface area contributed by atoms with E-state index in [1.54, 1.807) is 0 Å². The van der Waals surface area contributed by atoms with E-state index in [1.165, 1.54) is 11.1 Å². The Morgan fingerprint density at radius 2 is 1.77 bits per heavy atom. The van der Waals surface area contributed by atoms with Gasteiger partial charge >= 0.3 is 0 Å². The first-order valence-electron chi connectivity index (χ1n) is 4.76. The molecule has 1 rings (SSSR count). The molecule has 0 unspecified atom stereocenters. The van der Waals surface area contributed by atoms with Crippen molar-refractivity contribution >= 4 is 12.6 Å². The minimum atomic E-state index is 0.896. The number of nitrogens with one attached hydrogen (secondary N) is 1. The molecular weight excluding hydrogens is 178 g/mol. The highest BCUT2D eigenvalue weighted by molar-refractivity contribution is 7.80. The van der Waals surface area contributed by atoms with Crippen LogP contribution in [0.1, 0.15) is 18.1 Å². The van der Waals surface area contributed by atoms with Crippen LogP contribution in [0.3, 0.4) is 0 Å². The summed E-state index contributed by atoms with van der Waals surface area (Å²) >= 11 is 4.14. The van der Waals surface area contributed by atoms with Gasteiger partial charge in [0.15, 0.2) is 0 Å². The zero-order chi connectivity index (χ0) is 9.52. The molecule has 0 aliphatic rings. The summed E-state index contributed by atoms with van der Waals surface area (Å²) in [5.41, 5.74) is 2.75. The van der Waals surface area contributed by atoms with Crippen LogP contribution in [0.5, 0.6) is 0 Å². The fourth-order valence-corrected chi connectivity index (χ4v) is 1.36. The summed E-state index contributed by atoms with van der Waals surface area (Å²) in [7, 11) is 0. The molecule has 0 fully saturated rings. The zero-order valence-corrected chi connectivity index (χ0v) is 8.98. The average Bonchev–Trinajstić information content (AvgIpc) is 2.19. The maximum Gasteiger partial charge on any atom is 0.0205 e. The molecule has 1 N–H and O–H groups in total. The molecule has 1 nitrogen and oxygen atoms in total. The predicted octanol–water partition coefficient (Wildman–Crippen LogP) is 2.27. The molecule has 0 aliphatic carbocycles. The van der Waals surface area contributed by atoms with Crippen LogP contribution in [0, 0.1) is 0 Å². The number of hydrogen-bond acceptors (Lipinski definition) is 2. The van der Waals surface area contributed by atoms with Gasteiger partial charge in [0.2, 0.25) is 0 Å². The lowest BCUT2D eigenvalue weighted by Gasteiger charge is -2.03. The molecule has 2 heteroatoms. The van der Waals surface area contributed by atoms with E-state index in [0.29, 0.717) is 0 Å². The predicted molar refractivity (Wildman–Crippen MR) is 61.4 cm³/mol. The molecule has 1 aromatic rings. The van der Waals surface area contributed by atoms with Crippen molar-refractivity contribution in [2.45, 2.75) is 19.9 Å². The Bertz CT molecular complexity index is 230. The summed E-state index contributed by atoms with van der Waals surface area (Å²) < 4.78 is 0. The van der Waals surface area contributed by atoms with E-state index in [4.69, 9.17) is 0 Å². The third kappa shape index (κ3) is 3.83.